The minimum atomic E-state index is -4.34. The molecule has 0 aliphatic carbocycles. The van der Waals surface area contributed by atoms with Crippen LogP contribution >= 0.6 is 0 Å². The van der Waals surface area contributed by atoms with E-state index in [1.165, 1.54) is 0 Å². The molecule has 18 heavy (non-hydrogen) atoms. The van der Waals surface area contributed by atoms with Gasteiger partial charge in [-0.05, 0) is 33.1 Å². The molecular formula is C12H22F3NO2. The number of alkyl halides is 3. The number of hydrogen-bond acceptors (Lipinski definition) is 3. The van der Waals surface area contributed by atoms with Crippen molar-refractivity contribution in [3.05, 3.63) is 0 Å². The van der Waals surface area contributed by atoms with Gasteiger partial charge < -0.3 is 4.74 Å². The average molecular weight is 269 g/mol. The monoisotopic (exact) mass is 269 g/mol. The molecule has 0 amide bonds. The van der Waals surface area contributed by atoms with Crippen LogP contribution in [-0.4, -0.2) is 30.3 Å². The maximum atomic E-state index is 12.1. The van der Waals surface area contributed by atoms with Gasteiger partial charge in [-0.1, -0.05) is 13.8 Å². The van der Waals surface area contributed by atoms with Crippen molar-refractivity contribution >= 4 is 5.97 Å². The lowest BCUT2D eigenvalue weighted by atomic mass is 10.0. The Kier molecular flexibility index (Phi) is 6.13. The number of carbonyl (C=O) groups excluding carboxylic acids is 1. The lowest BCUT2D eigenvalue weighted by Crippen LogP contribution is -2.45. The maximum absolute atomic E-state index is 12.1. The minimum Gasteiger partial charge on any atom is -0.459 e. The molecule has 108 valence electrons. The second kappa shape index (κ2) is 6.41. The number of ether oxygens (including phenoxy) is 1. The van der Waals surface area contributed by atoms with E-state index in [-0.39, 0.29) is 5.92 Å². The Hall–Kier alpha value is -0.780. The standard InChI is InChI=1S/C12H22F3NO2/c1-8(2)6-9(16-7-12(13,14)15)10(17)18-11(3,4)5/h8-9,16H,6-7H2,1-5H3/t9-/m0/s1. The fourth-order valence-electron chi connectivity index (χ4n) is 1.35. The van der Waals surface area contributed by atoms with Gasteiger partial charge in [0.2, 0.25) is 0 Å². The first kappa shape index (κ1) is 17.2. The molecule has 0 fully saturated rings. The Morgan fingerprint density at radius 2 is 1.72 bits per heavy atom. The van der Waals surface area contributed by atoms with E-state index in [4.69, 9.17) is 4.74 Å². The zero-order valence-electron chi connectivity index (χ0n) is 11.5. The topological polar surface area (TPSA) is 38.3 Å². The lowest BCUT2D eigenvalue weighted by Gasteiger charge is -2.25. The first-order valence-electron chi connectivity index (χ1n) is 5.93. The van der Waals surface area contributed by atoms with Gasteiger partial charge in [0.1, 0.15) is 11.6 Å². The number of hydrogen-bond donors (Lipinski definition) is 1. The highest BCUT2D eigenvalue weighted by Crippen LogP contribution is 2.16. The second-order valence-electron chi connectivity index (χ2n) is 5.71. The molecule has 1 N–H and O–H groups in total. The minimum absolute atomic E-state index is 0.100. The van der Waals surface area contributed by atoms with Crippen LogP contribution in [0.4, 0.5) is 13.2 Å². The third-order valence-electron chi connectivity index (χ3n) is 1.95. The summed E-state index contributed by atoms with van der Waals surface area (Å²) in [5.41, 5.74) is -0.702. The number of esters is 1. The third-order valence-corrected chi connectivity index (χ3v) is 1.95. The van der Waals surface area contributed by atoms with Gasteiger partial charge in [0.25, 0.3) is 0 Å². The van der Waals surface area contributed by atoms with Crippen molar-refractivity contribution in [2.24, 2.45) is 5.92 Å². The van der Waals surface area contributed by atoms with Crippen molar-refractivity contribution < 1.29 is 22.7 Å². The number of nitrogens with one attached hydrogen (secondary N) is 1. The van der Waals surface area contributed by atoms with Crippen LogP contribution in [0.15, 0.2) is 0 Å². The summed E-state index contributed by atoms with van der Waals surface area (Å²) in [4.78, 5) is 11.8. The number of rotatable bonds is 5. The molecule has 0 aliphatic rings. The average Bonchev–Trinajstić information content (AvgIpc) is 2.06. The van der Waals surface area contributed by atoms with Crippen molar-refractivity contribution in [2.45, 2.75) is 58.9 Å². The van der Waals surface area contributed by atoms with Crippen molar-refractivity contribution in [3.63, 3.8) is 0 Å². The lowest BCUT2D eigenvalue weighted by molar-refractivity contribution is -0.160. The van der Waals surface area contributed by atoms with Gasteiger partial charge in [0.15, 0.2) is 0 Å². The van der Waals surface area contributed by atoms with Crippen molar-refractivity contribution in [1.29, 1.82) is 0 Å². The van der Waals surface area contributed by atoms with Crippen molar-refractivity contribution in [2.75, 3.05) is 6.54 Å². The molecule has 0 saturated carbocycles. The Balaban J connectivity index is 4.53. The highest BCUT2D eigenvalue weighted by Gasteiger charge is 2.32. The van der Waals surface area contributed by atoms with E-state index in [0.717, 1.165) is 0 Å². The smallest absolute Gasteiger partial charge is 0.401 e. The summed E-state index contributed by atoms with van der Waals surface area (Å²) in [5.74, 6) is -0.538. The van der Waals surface area contributed by atoms with Crippen LogP contribution in [0.5, 0.6) is 0 Å². The van der Waals surface area contributed by atoms with Gasteiger partial charge in [-0.25, -0.2) is 0 Å². The highest BCUT2D eigenvalue weighted by atomic mass is 19.4. The molecule has 0 unspecified atom stereocenters. The summed E-state index contributed by atoms with van der Waals surface area (Å²) >= 11 is 0. The zero-order chi connectivity index (χ0) is 14.6. The fraction of sp³-hybridized carbons (Fsp3) is 0.917. The Labute approximate surface area is 106 Å². The van der Waals surface area contributed by atoms with Gasteiger partial charge in [0.05, 0.1) is 6.54 Å². The third kappa shape index (κ3) is 9.27. The molecule has 0 aromatic rings. The molecule has 6 heteroatoms. The van der Waals surface area contributed by atoms with Crippen LogP contribution < -0.4 is 5.32 Å². The van der Waals surface area contributed by atoms with Gasteiger partial charge in [0, 0.05) is 0 Å². The quantitative estimate of drug-likeness (QED) is 0.780. The Morgan fingerprint density at radius 3 is 2.06 bits per heavy atom. The molecule has 0 spiro atoms. The summed E-state index contributed by atoms with van der Waals surface area (Å²) in [6.45, 7) is 7.53. The van der Waals surface area contributed by atoms with Gasteiger partial charge in [-0.3, -0.25) is 10.1 Å². The summed E-state index contributed by atoms with van der Waals surface area (Å²) < 4.78 is 41.5. The molecule has 0 heterocycles. The van der Waals surface area contributed by atoms with Gasteiger partial charge >= 0.3 is 12.1 Å². The second-order valence-corrected chi connectivity index (χ2v) is 5.71. The predicted octanol–water partition coefficient (Wildman–Crippen LogP) is 2.89. The molecule has 0 radical (unpaired) electrons. The van der Waals surface area contributed by atoms with E-state index in [2.05, 4.69) is 5.32 Å². The van der Waals surface area contributed by atoms with E-state index in [1.54, 1.807) is 20.8 Å². The summed E-state index contributed by atoms with van der Waals surface area (Å²) in [6.07, 6.45) is -4.03. The SMILES string of the molecule is CC(C)C[C@H](NCC(F)(F)F)C(=O)OC(C)(C)C. The first-order chi connectivity index (χ1) is 7.91. The molecule has 0 bridgehead atoms. The zero-order valence-corrected chi connectivity index (χ0v) is 11.5. The largest absolute Gasteiger partial charge is 0.459 e. The molecule has 0 aliphatic heterocycles. The summed E-state index contributed by atoms with van der Waals surface area (Å²) in [5, 5.41) is 2.21. The Morgan fingerprint density at radius 1 is 1.22 bits per heavy atom. The van der Waals surface area contributed by atoms with E-state index in [9.17, 15) is 18.0 Å². The number of halogens is 3. The van der Waals surface area contributed by atoms with Crippen molar-refractivity contribution in [1.82, 2.24) is 5.32 Å². The highest BCUT2D eigenvalue weighted by molar-refractivity contribution is 5.76. The van der Waals surface area contributed by atoms with E-state index >= 15 is 0 Å². The molecule has 3 nitrogen and oxygen atoms in total. The van der Waals surface area contributed by atoms with Gasteiger partial charge in [-0.2, -0.15) is 13.2 Å². The normalized spacial score (nSPS) is 14.7. The van der Waals surface area contributed by atoms with E-state index < -0.39 is 30.3 Å². The molecule has 0 aromatic carbocycles. The molecular weight excluding hydrogens is 247 g/mol. The summed E-state index contributed by atoms with van der Waals surface area (Å²) in [6, 6.07) is -0.925. The number of carbonyl (C=O) groups is 1. The Bertz CT molecular complexity index is 269. The van der Waals surface area contributed by atoms with E-state index in [0.29, 0.717) is 6.42 Å². The van der Waals surface area contributed by atoms with Crippen LogP contribution in [0.3, 0.4) is 0 Å². The van der Waals surface area contributed by atoms with Crippen LogP contribution in [-0.2, 0) is 9.53 Å². The van der Waals surface area contributed by atoms with Crippen LogP contribution in [0.25, 0.3) is 0 Å². The molecule has 0 aromatic heterocycles. The fourth-order valence-corrected chi connectivity index (χ4v) is 1.35. The predicted molar refractivity (Wildman–Crippen MR) is 63.1 cm³/mol. The summed E-state index contributed by atoms with van der Waals surface area (Å²) in [7, 11) is 0. The molecule has 0 rings (SSSR count). The van der Waals surface area contributed by atoms with Crippen LogP contribution in [0, 0.1) is 5.92 Å². The van der Waals surface area contributed by atoms with Crippen LogP contribution in [0.1, 0.15) is 41.0 Å². The maximum Gasteiger partial charge on any atom is 0.401 e. The molecule has 0 saturated heterocycles. The molecule has 1 atom stereocenters. The van der Waals surface area contributed by atoms with Crippen LogP contribution in [0.2, 0.25) is 0 Å². The first-order valence-corrected chi connectivity index (χ1v) is 5.93. The van der Waals surface area contributed by atoms with Gasteiger partial charge in [-0.15, -0.1) is 0 Å². The van der Waals surface area contributed by atoms with Crippen molar-refractivity contribution in [3.8, 4) is 0 Å². The van der Waals surface area contributed by atoms with E-state index in [1.807, 2.05) is 13.8 Å².